The largest absolute Gasteiger partial charge is 0.457 e. The third-order valence-electron chi connectivity index (χ3n) is 8.43. The van der Waals surface area contributed by atoms with E-state index in [-0.39, 0.29) is 24.4 Å². The van der Waals surface area contributed by atoms with Crippen LogP contribution in [0, 0.1) is 5.92 Å². The van der Waals surface area contributed by atoms with Crippen LogP contribution in [0.2, 0.25) is 0 Å². The van der Waals surface area contributed by atoms with Gasteiger partial charge in [-0.2, -0.15) is 0 Å². The smallest absolute Gasteiger partial charge is 0.410 e. The molecule has 1 N–H and O–H groups in total. The molecular weight excluding hydrogens is 546 g/mol. The average Bonchev–Trinajstić information content (AvgIpc) is 2.97. The van der Waals surface area contributed by atoms with Gasteiger partial charge in [0.2, 0.25) is 11.8 Å². The number of piperidine rings is 1. The number of para-hydroxylation sites is 2. The van der Waals surface area contributed by atoms with Crippen LogP contribution >= 0.6 is 0 Å². The van der Waals surface area contributed by atoms with Gasteiger partial charge in [0.1, 0.15) is 17.1 Å². The summed E-state index contributed by atoms with van der Waals surface area (Å²) in [5.74, 6) is 0.849. The zero-order valence-electron chi connectivity index (χ0n) is 26.5. The highest BCUT2D eigenvalue weighted by atomic mass is 16.6. The fourth-order valence-corrected chi connectivity index (χ4v) is 6.47. The predicted molar refractivity (Wildman–Crippen MR) is 165 cm³/mol. The van der Waals surface area contributed by atoms with Gasteiger partial charge >= 0.3 is 6.09 Å². The van der Waals surface area contributed by atoms with Crippen molar-refractivity contribution in [3.63, 3.8) is 0 Å². The summed E-state index contributed by atoms with van der Waals surface area (Å²) >= 11 is 0. The Labute approximate surface area is 255 Å². The van der Waals surface area contributed by atoms with E-state index in [0.717, 1.165) is 41.9 Å². The summed E-state index contributed by atoms with van der Waals surface area (Å²) in [5, 5.41) is 3.29. The van der Waals surface area contributed by atoms with Gasteiger partial charge in [-0.3, -0.25) is 9.59 Å². The lowest BCUT2D eigenvalue weighted by Crippen LogP contribution is -2.57. The third kappa shape index (κ3) is 7.50. The molecule has 9 nitrogen and oxygen atoms in total. The number of nitrogens with one attached hydrogen (secondary N) is 1. The van der Waals surface area contributed by atoms with Crippen LogP contribution in [-0.2, 0) is 24.5 Å². The van der Waals surface area contributed by atoms with E-state index in [9.17, 15) is 14.4 Å². The van der Waals surface area contributed by atoms with Gasteiger partial charge in [0.25, 0.3) is 0 Å². The van der Waals surface area contributed by atoms with Gasteiger partial charge in [-0.1, -0.05) is 36.4 Å². The molecule has 2 aromatic carbocycles. The lowest BCUT2D eigenvalue weighted by atomic mass is 9.69. The van der Waals surface area contributed by atoms with Crippen LogP contribution in [0.4, 0.5) is 4.79 Å². The number of carbonyl (C=O) groups excluding carboxylic acids is 3. The van der Waals surface area contributed by atoms with E-state index in [4.69, 9.17) is 14.2 Å². The molecule has 1 saturated heterocycles. The van der Waals surface area contributed by atoms with Crippen molar-refractivity contribution in [1.82, 2.24) is 15.1 Å². The van der Waals surface area contributed by atoms with E-state index in [2.05, 4.69) is 17.4 Å². The number of ether oxygens (including phenoxy) is 3. The highest BCUT2D eigenvalue weighted by molar-refractivity contribution is 5.81. The van der Waals surface area contributed by atoms with Crippen molar-refractivity contribution < 1.29 is 28.6 Å². The van der Waals surface area contributed by atoms with E-state index in [0.29, 0.717) is 32.7 Å². The molecule has 2 aromatic rings. The van der Waals surface area contributed by atoms with Crippen LogP contribution < -0.4 is 10.1 Å². The molecule has 9 heteroatoms. The topological polar surface area (TPSA) is 97.4 Å². The second-order valence-electron chi connectivity index (χ2n) is 12.6. The van der Waals surface area contributed by atoms with E-state index < -0.39 is 23.0 Å². The molecular formula is C34H47N3O6. The number of carbonyl (C=O) groups is 3. The maximum atomic E-state index is 14.0. The van der Waals surface area contributed by atoms with Gasteiger partial charge in [-0.15, -0.1) is 0 Å². The van der Waals surface area contributed by atoms with Crippen molar-refractivity contribution in [2.75, 3.05) is 39.9 Å². The van der Waals surface area contributed by atoms with Crippen molar-refractivity contribution in [3.05, 3.63) is 59.7 Å². The zero-order chi connectivity index (χ0) is 31.2. The van der Waals surface area contributed by atoms with Crippen molar-refractivity contribution in [1.29, 1.82) is 0 Å². The molecule has 0 aliphatic carbocycles. The molecule has 4 rings (SSSR count). The molecule has 2 atom stereocenters. The lowest BCUT2D eigenvalue weighted by Gasteiger charge is -2.43. The monoisotopic (exact) mass is 593 g/mol. The van der Waals surface area contributed by atoms with Gasteiger partial charge in [0.05, 0.1) is 12.0 Å². The Balaban J connectivity index is 1.63. The van der Waals surface area contributed by atoms with Gasteiger partial charge < -0.3 is 29.3 Å². The Morgan fingerprint density at radius 2 is 1.65 bits per heavy atom. The highest BCUT2D eigenvalue weighted by Crippen LogP contribution is 2.50. The Hall–Kier alpha value is -3.59. The number of hydrogen-bond donors (Lipinski definition) is 1. The number of likely N-dealkylation sites (tertiary alicyclic amines) is 1. The van der Waals surface area contributed by atoms with Gasteiger partial charge in [-0.25, -0.2) is 4.79 Å². The molecule has 3 amide bonds. The number of rotatable bonds is 10. The zero-order valence-corrected chi connectivity index (χ0v) is 26.5. The molecule has 2 aliphatic heterocycles. The summed E-state index contributed by atoms with van der Waals surface area (Å²) in [7, 11) is 1.71. The second kappa shape index (κ2) is 13.8. The average molecular weight is 594 g/mol. The molecule has 0 bridgehead atoms. The molecule has 2 unspecified atom stereocenters. The number of nitrogens with zero attached hydrogens (tertiary/aromatic N) is 2. The fourth-order valence-electron chi connectivity index (χ4n) is 6.47. The normalized spacial score (nSPS) is 19.0. The summed E-state index contributed by atoms with van der Waals surface area (Å²) < 4.78 is 17.3. The minimum Gasteiger partial charge on any atom is -0.457 e. The number of amides is 3. The Kier molecular flexibility index (Phi) is 10.4. The first-order valence-corrected chi connectivity index (χ1v) is 15.4. The minimum absolute atomic E-state index is 0.0804. The first kappa shape index (κ1) is 32.3. The number of benzene rings is 2. The second-order valence-corrected chi connectivity index (χ2v) is 12.6. The standard InChI is InChI=1S/C34H47N3O6/c1-7-37(24(2)38)26-20-25(21-36(22-26)32(40)43-33(3,4)5)31(39)35-23-34(18-12-13-19-41-6)27-14-8-10-16-29(27)42-30-17-11-9-15-28(30)34/h8-11,14-17,25-26H,7,12-13,18-23H2,1-6H3,(H,35,39). The van der Waals surface area contributed by atoms with Gasteiger partial charge in [0.15, 0.2) is 0 Å². The maximum absolute atomic E-state index is 14.0. The minimum atomic E-state index is -0.675. The lowest BCUT2D eigenvalue weighted by molar-refractivity contribution is -0.135. The predicted octanol–water partition coefficient (Wildman–Crippen LogP) is 5.51. The SMILES string of the molecule is CCN(C(C)=O)C1CC(C(=O)NCC2(CCCCOC)c3ccccc3Oc3ccccc32)CN(C(=O)OC(C)(C)C)C1. The number of unbranched alkanes of at least 4 members (excludes halogenated alkanes) is 1. The van der Waals surface area contributed by atoms with Crippen LogP contribution in [0.5, 0.6) is 11.5 Å². The molecule has 0 spiro atoms. The Morgan fingerprint density at radius 1 is 1.02 bits per heavy atom. The molecule has 0 saturated carbocycles. The molecule has 0 aromatic heterocycles. The number of likely N-dealkylation sites (N-methyl/N-ethyl adjacent to an activating group) is 1. The van der Waals surface area contributed by atoms with Crippen molar-refractivity contribution >= 4 is 17.9 Å². The third-order valence-corrected chi connectivity index (χ3v) is 8.43. The first-order valence-electron chi connectivity index (χ1n) is 15.4. The first-order chi connectivity index (χ1) is 20.5. The quantitative estimate of drug-likeness (QED) is 0.365. The Morgan fingerprint density at radius 3 is 2.21 bits per heavy atom. The molecule has 2 aliphatic rings. The van der Waals surface area contributed by atoms with E-state index in [1.807, 2.05) is 64.1 Å². The molecule has 234 valence electrons. The van der Waals surface area contributed by atoms with Crippen molar-refractivity contribution in [2.45, 2.75) is 77.4 Å². The number of hydrogen-bond acceptors (Lipinski definition) is 6. The van der Waals surface area contributed by atoms with Crippen LogP contribution in [0.1, 0.15) is 71.4 Å². The molecule has 0 radical (unpaired) electrons. The summed E-state index contributed by atoms with van der Waals surface area (Å²) in [6.07, 6.45) is 2.57. The maximum Gasteiger partial charge on any atom is 0.410 e. The number of fused-ring (bicyclic) bond motifs is 2. The molecule has 43 heavy (non-hydrogen) atoms. The van der Waals surface area contributed by atoms with Gasteiger partial charge in [0, 0.05) is 63.4 Å². The summed E-state index contributed by atoms with van der Waals surface area (Å²) in [4.78, 5) is 43.0. The van der Waals surface area contributed by atoms with Crippen molar-refractivity contribution in [3.8, 4) is 11.5 Å². The van der Waals surface area contributed by atoms with E-state index in [1.165, 1.54) is 6.92 Å². The Bertz CT molecular complexity index is 1240. The summed E-state index contributed by atoms with van der Waals surface area (Å²) in [6, 6.07) is 15.8. The van der Waals surface area contributed by atoms with Crippen LogP contribution in [0.3, 0.4) is 0 Å². The highest BCUT2D eigenvalue weighted by Gasteiger charge is 2.43. The van der Waals surface area contributed by atoms with Crippen LogP contribution in [0.25, 0.3) is 0 Å². The van der Waals surface area contributed by atoms with Gasteiger partial charge in [-0.05, 0) is 65.5 Å². The fraction of sp³-hybridized carbons (Fsp3) is 0.559. The number of methoxy groups -OCH3 is 1. The molecule has 1 fully saturated rings. The van der Waals surface area contributed by atoms with E-state index in [1.54, 1.807) is 16.9 Å². The molecule has 2 heterocycles. The summed E-state index contributed by atoms with van der Waals surface area (Å²) in [6.45, 7) is 11.0. The van der Waals surface area contributed by atoms with Crippen LogP contribution in [0.15, 0.2) is 48.5 Å². The van der Waals surface area contributed by atoms with Crippen LogP contribution in [-0.4, -0.2) is 79.2 Å². The summed E-state index contributed by atoms with van der Waals surface area (Å²) in [5.41, 5.74) is 0.892. The van der Waals surface area contributed by atoms with Crippen molar-refractivity contribution in [2.24, 2.45) is 5.92 Å². The van der Waals surface area contributed by atoms with E-state index >= 15 is 0 Å².